The maximum Gasteiger partial charge on any atom is 0.244 e. The van der Waals surface area contributed by atoms with Gasteiger partial charge in [-0.3, -0.25) is 0 Å². The van der Waals surface area contributed by atoms with Crippen LogP contribution in [0.4, 0.5) is 17.5 Å². The van der Waals surface area contributed by atoms with E-state index in [1.54, 1.807) is 13.3 Å². The fraction of sp³-hybridized carbons (Fsp3) is 0.357. The summed E-state index contributed by atoms with van der Waals surface area (Å²) < 4.78 is 4.96. The molecule has 1 aromatic heterocycles. The van der Waals surface area contributed by atoms with Gasteiger partial charge in [-0.25, -0.2) is 0 Å². The summed E-state index contributed by atoms with van der Waals surface area (Å²) in [6.07, 6.45) is 2.62. The van der Waals surface area contributed by atoms with Gasteiger partial charge < -0.3 is 15.4 Å². The molecule has 2 rings (SSSR count). The van der Waals surface area contributed by atoms with Crippen LogP contribution in [0.1, 0.15) is 12.5 Å². The molecule has 0 saturated heterocycles. The van der Waals surface area contributed by atoms with E-state index in [1.807, 2.05) is 12.1 Å². The highest BCUT2D eigenvalue weighted by molar-refractivity contribution is 5.56. The third-order valence-corrected chi connectivity index (χ3v) is 2.78. The topological polar surface area (TPSA) is 72.0 Å². The van der Waals surface area contributed by atoms with Gasteiger partial charge in [-0.1, -0.05) is 19.1 Å². The Morgan fingerprint density at radius 3 is 2.70 bits per heavy atom. The quantitative estimate of drug-likeness (QED) is 0.754. The monoisotopic (exact) mass is 273 g/mol. The van der Waals surface area contributed by atoms with Crippen molar-refractivity contribution in [1.82, 2.24) is 15.2 Å². The Hall–Kier alpha value is -2.21. The molecule has 2 N–H and O–H groups in total. The van der Waals surface area contributed by atoms with E-state index in [-0.39, 0.29) is 0 Å². The lowest BCUT2D eigenvalue weighted by molar-refractivity contribution is 0.210. The Bertz CT molecular complexity index is 529. The first-order valence-corrected chi connectivity index (χ1v) is 6.60. The van der Waals surface area contributed by atoms with E-state index >= 15 is 0 Å². The van der Waals surface area contributed by atoms with Crippen LogP contribution in [0.5, 0.6) is 0 Å². The van der Waals surface area contributed by atoms with Gasteiger partial charge in [0.05, 0.1) is 12.8 Å². The van der Waals surface area contributed by atoms with Crippen LogP contribution in [-0.2, 0) is 11.2 Å². The zero-order chi connectivity index (χ0) is 14.2. The van der Waals surface area contributed by atoms with Gasteiger partial charge in [-0.05, 0) is 24.1 Å². The zero-order valence-corrected chi connectivity index (χ0v) is 11.8. The number of nitrogens with zero attached hydrogens (tertiary/aromatic N) is 3. The highest BCUT2D eigenvalue weighted by Gasteiger charge is 2.01. The van der Waals surface area contributed by atoms with Gasteiger partial charge in [0.2, 0.25) is 5.95 Å². The largest absolute Gasteiger partial charge is 0.383 e. The number of benzene rings is 1. The van der Waals surface area contributed by atoms with Crippen molar-refractivity contribution in [3.8, 4) is 0 Å². The van der Waals surface area contributed by atoms with Crippen molar-refractivity contribution >= 4 is 17.5 Å². The average molecular weight is 273 g/mol. The van der Waals surface area contributed by atoms with Crippen LogP contribution in [-0.4, -0.2) is 35.4 Å². The molecular formula is C14H19N5O. The minimum absolute atomic E-state index is 0.484. The van der Waals surface area contributed by atoms with E-state index in [0.29, 0.717) is 24.9 Å². The van der Waals surface area contributed by atoms with E-state index in [0.717, 1.165) is 12.1 Å². The molecule has 0 aliphatic heterocycles. The molecule has 0 unspecified atom stereocenters. The number of methoxy groups -OCH3 is 1. The molecule has 0 bridgehead atoms. The van der Waals surface area contributed by atoms with Crippen molar-refractivity contribution < 1.29 is 4.74 Å². The van der Waals surface area contributed by atoms with Gasteiger partial charge in [0.1, 0.15) is 0 Å². The standard InChI is InChI=1S/C14H19N5O/c1-3-11-4-6-12(7-5-11)17-13-10-16-19-14(18-13)15-8-9-20-2/h4-7,10H,3,8-9H2,1-2H3,(H2,15,17,18,19). The number of rotatable bonds is 7. The third-order valence-electron chi connectivity index (χ3n) is 2.78. The molecule has 0 amide bonds. The van der Waals surface area contributed by atoms with E-state index < -0.39 is 0 Å². The number of ether oxygens (including phenoxy) is 1. The van der Waals surface area contributed by atoms with Gasteiger partial charge in [0.25, 0.3) is 0 Å². The molecular weight excluding hydrogens is 254 g/mol. The summed E-state index contributed by atoms with van der Waals surface area (Å²) in [7, 11) is 1.65. The zero-order valence-electron chi connectivity index (χ0n) is 11.8. The maximum absolute atomic E-state index is 4.96. The third kappa shape index (κ3) is 4.17. The van der Waals surface area contributed by atoms with Crippen molar-refractivity contribution in [3.05, 3.63) is 36.0 Å². The molecule has 1 heterocycles. The maximum atomic E-state index is 4.96. The Morgan fingerprint density at radius 2 is 2.00 bits per heavy atom. The fourth-order valence-corrected chi connectivity index (χ4v) is 1.68. The van der Waals surface area contributed by atoms with Crippen LogP contribution in [0.25, 0.3) is 0 Å². The lowest BCUT2D eigenvalue weighted by atomic mass is 10.1. The molecule has 2 aromatic rings. The van der Waals surface area contributed by atoms with E-state index in [2.05, 4.69) is 44.9 Å². The van der Waals surface area contributed by atoms with E-state index in [9.17, 15) is 0 Å². The van der Waals surface area contributed by atoms with Crippen LogP contribution >= 0.6 is 0 Å². The summed E-state index contributed by atoms with van der Waals surface area (Å²) in [5.74, 6) is 1.14. The van der Waals surface area contributed by atoms with Gasteiger partial charge in [-0.2, -0.15) is 10.1 Å². The Morgan fingerprint density at radius 1 is 1.20 bits per heavy atom. The van der Waals surface area contributed by atoms with Crippen LogP contribution in [0.2, 0.25) is 0 Å². The second-order valence-electron chi connectivity index (χ2n) is 4.26. The highest BCUT2D eigenvalue weighted by Crippen LogP contribution is 2.15. The predicted octanol–water partition coefficient (Wildman–Crippen LogP) is 2.24. The van der Waals surface area contributed by atoms with Crippen LogP contribution in [0, 0.1) is 0 Å². The van der Waals surface area contributed by atoms with Crippen molar-refractivity contribution in [2.45, 2.75) is 13.3 Å². The first-order valence-electron chi connectivity index (χ1n) is 6.60. The minimum Gasteiger partial charge on any atom is -0.383 e. The van der Waals surface area contributed by atoms with Gasteiger partial charge >= 0.3 is 0 Å². The summed E-state index contributed by atoms with van der Waals surface area (Å²) in [5.41, 5.74) is 2.28. The second-order valence-corrected chi connectivity index (χ2v) is 4.26. The van der Waals surface area contributed by atoms with E-state index in [4.69, 9.17) is 4.74 Å². The molecule has 0 saturated carbocycles. The summed E-state index contributed by atoms with van der Waals surface area (Å²) in [6, 6.07) is 8.24. The second kappa shape index (κ2) is 7.40. The molecule has 106 valence electrons. The smallest absolute Gasteiger partial charge is 0.244 e. The minimum atomic E-state index is 0.484. The number of nitrogens with one attached hydrogen (secondary N) is 2. The number of hydrogen-bond donors (Lipinski definition) is 2. The molecule has 0 atom stereocenters. The number of aromatic nitrogens is 3. The lowest BCUT2D eigenvalue weighted by Crippen LogP contribution is -2.11. The Labute approximate surface area is 118 Å². The molecule has 6 heteroatoms. The predicted molar refractivity (Wildman–Crippen MR) is 79.3 cm³/mol. The Balaban J connectivity index is 1.99. The number of aryl methyl sites for hydroxylation is 1. The number of hydrogen-bond acceptors (Lipinski definition) is 6. The van der Waals surface area contributed by atoms with Crippen molar-refractivity contribution in [2.24, 2.45) is 0 Å². The summed E-state index contributed by atoms with van der Waals surface area (Å²) in [6.45, 7) is 3.38. The van der Waals surface area contributed by atoms with Gasteiger partial charge in [0, 0.05) is 19.3 Å². The summed E-state index contributed by atoms with van der Waals surface area (Å²) in [4.78, 5) is 4.33. The summed E-state index contributed by atoms with van der Waals surface area (Å²) >= 11 is 0. The van der Waals surface area contributed by atoms with Crippen LogP contribution in [0.3, 0.4) is 0 Å². The molecule has 20 heavy (non-hydrogen) atoms. The van der Waals surface area contributed by atoms with Crippen molar-refractivity contribution in [1.29, 1.82) is 0 Å². The van der Waals surface area contributed by atoms with Crippen LogP contribution in [0.15, 0.2) is 30.5 Å². The van der Waals surface area contributed by atoms with Crippen molar-refractivity contribution in [2.75, 3.05) is 30.9 Å². The molecule has 0 spiro atoms. The molecule has 0 aliphatic rings. The lowest BCUT2D eigenvalue weighted by Gasteiger charge is -2.07. The SMILES string of the molecule is CCc1ccc(Nc2cnnc(NCCOC)n2)cc1. The molecule has 1 aromatic carbocycles. The molecule has 0 aliphatic carbocycles. The van der Waals surface area contributed by atoms with Crippen molar-refractivity contribution in [3.63, 3.8) is 0 Å². The normalized spacial score (nSPS) is 10.3. The van der Waals surface area contributed by atoms with Gasteiger partial charge in [-0.15, -0.1) is 5.10 Å². The van der Waals surface area contributed by atoms with Crippen LogP contribution < -0.4 is 10.6 Å². The Kier molecular flexibility index (Phi) is 5.25. The first-order chi connectivity index (χ1) is 9.81. The first kappa shape index (κ1) is 14.2. The molecule has 0 radical (unpaired) electrons. The molecule has 0 fully saturated rings. The highest BCUT2D eigenvalue weighted by atomic mass is 16.5. The number of anilines is 3. The molecule has 6 nitrogen and oxygen atoms in total. The average Bonchev–Trinajstić information content (AvgIpc) is 2.49. The van der Waals surface area contributed by atoms with Gasteiger partial charge in [0.15, 0.2) is 5.82 Å². The fourth-order valence-electron chi connectivity index (χ4n) is 1.68. The summed E-state index contributed by atoms with van der Waals surface area (Å²) in [5, 5.41) is 14.1. The van der Waals surface area contributed by atoms with E-state index in [1.165, 1.54) is 5.56 Å².